The standard InChI is InChI=1S/C8H7F2NOS/c1-12-5-2-7(9)6(4-11-13)8(10)3-5/h2-4,13H,1H3/b11-4+. The van der Waals surface area contributed by atoms with Crippen molar-refractivity contribution in [1.82, 2.24) is 0 Å². The van der Waals surface area contributed by atoms with Crippen molar-refractivity contribution in [2.75, 3.05) is 7.11 Å². The molecule has 0 saturated carbocycles. The second-order valence-corrected chi connectivity index (χ2v) is 2.48. The summed E-state index contributed by atoms with van der Waals surface area (Å²) in [7, 11) is 1.33. The Hall–Kier alpha value is -1.10. The van der Waals surface area contributed by atoms with E-state index >= 15 is 0 Å². The van der Waals surface area contributed by atoms with Gasteiger partial charge < -0.3 is 4.74 Å². The molecule has 1 aromatic carbocycles. The van der Waals surface area contributed by atoms with Gasteiger partial charge in [0.15, 0.2) is 0 Å². The van der Waals surface area contributed by atoms with Crippen LogP contribution in [0.5, 0.6) is 5.75 Å². The second kappa shape index (κ2) is 4.23. The number of hydrogen-bond acceptors (Lipinski definition) is 3. The summed E-state index contributed by atoms with van der Waals surface area (Å²) in [6.45, 7) is 0. The Kier molecular flexibility index (Phi) is 3.25. The third kappa shape index (κ3) is 2.18. The zero-order chi connectivity index (χ0) is 9.84. The molecule has 0 amide bonds. The Morgan fingerprint density at radius 3 is 2.31 bits per heavy atom. The monoisotopic (exact) mass is 203 g/mol. The summed E-state index contributed by atoms with van der Waals surface area (Å²) in [5.41, 5.74) is -0.226. The van der Waals surface area contributed by atoms with Crippen molar-refractivity contribution in [3.63, 3.8) is 0 Å². The van der Waals surface area contributed by atoms with Gasteiger partial charge in [-0.05, 0) is 12.8 Å². The van der Waals surface area contributed by atoms with Gasteiger partial charge in [-0.25, -0.2) is 13.2 Å². The lowest BCUT2D eigenvalue weighted by Crippen LogP contribution is -1.95. The van der Waals surface area contributed by atoms with E-state index in [9.17, 15) is 8.78 Å². The van der Waals surface area contributed by atoms with E-state index in [1.54, 1.807) is 0 Å². The van der Waals surface area contributed by atoms with E-state index < -0.39 is 11.6 Å². The molecular formula is C8H7F2NOS. The predicted molar refractivity (Wildman–Crippen MR) is 49.5 cm³/mol. The highest BCUT2D eigenvalue weighted by atomic mass is 32.1. The van der Waals surface area contributed by atoms with Crippen molar-refractivity contribution in [3.05, 3.63) is 29.3 Å². The molecule has 70 valence electrons. The number of thiol groups is 1. The van der Waals surface area contributed by atoms with Gasteiger partial charge in [0.25, 0.3) is 0 Å². The Balaban J connectivity index is 3.22. The Labute approximate surface area is 79.8 Å². The van der Waals surface area contributed by atoms with Gasteiger partial charge in [-0.3, -0.25) is 0 Å². The van der Waals surface area contributed by atoms with E-state index in [0.717, 1.165) is 18.3 Å². The highest BCUT2D eigenvalue weighted by molar-refractivity contribution is 7.79. The van der Waals surface area contributed by atoms with E-state index in [2.05, 4.69) is 21.9 Å². The van der Waals surface area contributed by atoms with Crippen LogP contribution in [0.1, 0.15) is 5.56 Å². The third-order valence-electron chi connectivity index (χ3n) is 1.48. The first-order valence-corrected chi connectivity index (χ1v) is 3.79. The average molecular weight is 203 g/mol. The maximum absolute atomic E-state index is 13.0. The van der Waals surface area contributed by atoms with Crippen LogP contribution in [0.15, 0.2) is 16.5 Å². The molecule has 0 unspecified atom stereocenters. The SMILES string of the molecule is COc1cc(F)c(/C=N/S)c(F)c1. The summed E-state index contributed by atoms with van der Waals surface area (Å²) in [5, 5.41) is 0. The van der Waals surface area contributed by atoms with E-state index in [1.165, 1.54) is 7.11 Å². The fraction of sp³-hybridized carbons (Fsp3) is 0.125. The Morgan fingerprint density at radius 1 is 1.38 bits per heavy atom. The molecule has 0 fully saturated rings. The summed E-state index contributed by atoms with van der Waals surface area (Å²) in [6.07, 6.45) is 0.993. The number of hydrogen-bond donors (Lipinski definition) is 1. The zero-order valence-electron chi connectivity index (χ0n) is 6.79. The van der Waals surface area contributed by atoms with Crippen molar-refractivity contribution in [2.45, 2.75) is 0 Å². The molecule has 1 aromatic rings. The summed E-state index contributed by atoms with van der Waals surface area (Å²) in [6, 6.07) is 2.15. The van der Waals surface area contributed by atoms with Gasteiger partial charge in [0.05, 0.1) is 12.7 Å². The summed E-state index contributed by atoms with van der Waals surface area (Å²) >= 11 is 3.48. The fourth-order valence-corrected chi connectivity index (χ4v) is 0.975. The van der Waals surface area contributed by atoms with Crippen molar-refractivity contribution in [2.24, 2.45) is 4.40 Å². The average Bonchev–Trinajstić information content (AvgIpc) is 2.11. The number of methoxy groups -OCH3 is 1. The van der Waals surface area contributed by atoms with Crippen molar-refractivity contribution < 1.29 is 13.5 Å². The smallest absolute Gasteiger partial charge is 0.138 e. The van der Waals surface area contributed by atoms with Gasteiger partial charge >= 0.3 is 0 Å². The molecule has 0 aliphatic rings. The first kappa shape index (κ1) is 9.98. The van der Waals surface area contributed by atoms with Crippen LogP contribution in [-0.2, 0) is 0 Å². The molecule has 0 N–H and O–H groups in total. The zero-order valence-corrected chi connectivity index (χ0v) is 7.69. The van der Waals surface area contributed by atoms with Crippen LogP contribution in [0.3, 0.4) is 0 Å². The van der Waals surface area contributed by atoms with Crippen molar-refractivity contribution in [3.8, 4) is 5.75 Å². The summed E-state index contributed by atoms with van der Waals surface area (Å²) in [5.74, 6) is -1.32. The van der Waals surface area contributed by atoms with Crippen LogP contribution in [0.4, 0.5) is 8.78 Å². The molecule has 0 atom stereocenters. The molecular weight excluding hydrogens is 196 g/mol. The number of rotatable bonds is 2. The van der Waals surface area contributed by atoms with Crippen LogP contribution in [0.25, 0.3) is 0 Å². The first-order valence-electron chi connectivity index (χ1n) is 3.39. The molecule has 1 rings (SSSR count). The Bertz CT molecular complexity index is 318. The number of nitrogens with zero attached hydrogens (tertiary/aromatic N) is 1. The molecule has 5 heteroatoms. The maximum Gasteiger partial charge on any atom is 0.138 e. The summed E-state index contributed by atoms with van der Waals surface area (Å²) in [4.78, 5) is 0. The van der Waals surface area contributed by atoms with Crippen LogP contribution in [0, 0.1) is 11.6 Å². The molecule has 0 bridgehead atoms. The molecule has 0 radical (unpaired) electrons. The van der Waals surface area contributed by atoms with Crippen LogP contribution >= 0.6 is 12.8 Å². The van der Waals surface area contributed by atoms with Crippen LogP contribution in [-0.4, -0.2) is 13.3 Å². The Morgan fingerprint density at radius 2 is 1.92 bits per heavy atom. The van der Waals surface area contributed by atoms with Crippen LogP contribution < -0.4 is 4.74 Å². The number of ether oxygens (including phenoxy) is 1. The lowest BCUT2D eigenvalue weighted by Gasteiger charge is -2.02. The van der Waals surface area contributed by atoms with Gasteiger partial charge in [-0.1, -0.05) is 0 Å². The van der Waals surface area contributed by atoms with E-state index in [-0.39, 0.29) is 11.3 Å². The first-order chi connectivity index (χ1) is 6.19. The summed E-state index contributed by atoms with van der Waals surface area (Å²) < 4.78 is 34.0. The van der Waals surface area contributed by atoms with Crippen molar-refractivity contribution in [1.29, 1.82) is 0 Å². The molecule has 0 aliphatic carbocycles. The van der Waals surface area contributed by atoms with E-state index in [4.69, 9.17) is 0 Å². The highest BCUT2D eigenvalue weighted by Gasteiger charge is 2.08. The topological polar surface area (TPSA) is 21.6 Å². The second-order valence-electron chi connectivity index (χ2n) is 2.25. The lowest BCUT2D eigenvalue weighted by molar-refractivity contribution is 0.406. The van der Waals surface area contributed by atoms with Gasteiger partial charge in [-0.15, -0.1) is 0 Å². The fourth-order valence-electron chi connectivity index (χ4n) is 0.860. The highest BCUT2D eigenvalue weighted by Crippen LogP contribution is 2.18. The van der Waals surface area contributed by atoms with Gasteiger partial charge in [0.2, 0.25) is 0 Å². The normalized spacial score (nSPS) is 10.8. The van der Waals surface area contributed by atoms with E-state index in [1.807, 2.05) is 0 Å². The van der Waals surface area contributed by atoms with Gasteiger partial charge in [0, 0.05) is 18.3 Å². The molecule has 0 aromatic heterocycles. The number of halogens is 2. The minimum Gasteiger partial charge on any atom is -0.497 e. The molecule has 0 saturated heterocycles. The molecule has 0 aliphatic heterocycles. The molecule has 0 heterocycles. The van der Waals surface area contributed by atoms with E-state index in [0.29, 0.717) is 0 Å². The quantitative estimate of drug-likeness (QED) is 0.577. The minimum atomic E-state index is -0.727. The third-order valence-corrected chi connectivity index (χ3v) is 1.59. The lowest BCUT2D eigenvalue weighted by atomic mass is 10.2. The van der Waals surface area contributed by atoms with Gasteiger partial charge in [-0.2, -0.15) is 0 Å². The van der Waals surface area contributed by atoms with Crippen molar-refractivity contribution >= 4 is 19.0 Å². The maximum atomic E-state index is 13.0. The minimum absolute atomic E-state index is 0.131. The number of benzene rings is 1. The molecule has 13 heavy (non-hydrogen) atoms. The molecule has 0 spiro atoms. The van der Waals surface area contributed by atoms with Gasteiger partial charge in [0.1, 0.15) is 17.4 Å². The van der Waals surface area contributed by atoms with Crippen LogP contribution in [0.2, 0.25) is 0 Å². The molecule has 2 nitrogen and oxygen atoms in total. The predicted octanol–water partition coefficient (Wildman–Crippen LogP) is 2.24. The largest absolute Gasteiger partial charge is 0.497 e.